The average molecular weight is 1080 g/mol. The van der Waals surface area contributed by atoms with Crippen molar-refractivity contribution in [3.63, 3.8) is 0 Å². The number of fused-ring (bicyclic) bond motifs is 12. The summed E-state index contributed by atoms with van der Waals surface area (Å²) in [6.45, 7) is -0.104. The number of rotatable bonds is 8. The molecule has 4 aliphatic heterocycles. The second-order valence-corrected chi connectivity index (χ2v) is 23.4. The predicted molar refractivity (Wildman–Crippen MR) is 340 cm³/mol. The molecule has 0 aliphatic carbocycles. The number of aromatic nitrogens is 1. The van der Waals surface area contributed by atoms with Gasteiger partial charge in [-0.15, -0.1) is 0 Å². The van der Waals surface area contributed by atoms with Crippen molar-refractivity contribution in [3.8, 4) is 5.69 Å². The van der Waals surface area contributed by atoms with Crippen molar-refractivity contribution in [2.75, 3.05) is 19.6 Å². The molecule has 1 aromatic heterocycles. The van der Waals surface area contributed by atoms with E-state index in [1.54, 1.807) is 0 Å². The van der Waals surface area contributed by atoms with Gasteiger partial charge in [0.05, 0.1) is 0 Å². The van der Waals surface area contributed by atoms with Gasteiger partial charge >= 0.3 is 385 Å². The predicted octanol–water partition coefficient (Wildman–Crippen LogP) is 12.6. The van der Waals surface area contributed by atoms with Crippen molar-refractivity contribution < 1.29 is 0 Å². The van der Waals surface area contributed by atoms with Gasteiger partial charge < -0.3 is 0 Å². The number of hydrogen-bond donors (Lipinski definition) is 0. The van der Waals surface area contributed by atoms with E-state index in [1.165, 1.54) is 86.3 Å². The van der Waals surface area contributed by atoms with E-state index < -0.39 is 0 Å². The summed E-state index contributed by atoms with van der Waals surface area (Å²) in [4.78, 5) is 10.0. The quantitative estimate of drug-likeness (QED) is 0.141. The fourth-order valence-corrected chi connectivity index (χ4v) is 16.3. The molecule has 0 fully saturated rings. The zero-order valence-electron chi connectivity index (χ0n) is 43.4. The van der Waals surface area contributed by atoms with Gasteiger partial charge in [-0.1, -0.05) is 54.6 Å². The molecule has 0 unspecified atom stereocenters. The van der Waals surface area contributed by atoms with Crippen LogP contribution in [0.4, 0.5) is 68.2 Å². The molecule has 0 spiro atoms. The van der Waals surface area contributed by atoms with Gasteiger partial charge in [-0.2, -0.15) is 0 Å². The molecule has 0 saturated carbocycles. The topological polar surface area (TPSA) is 17.9 Å². The Morgan fingerprint density at radius 2 is 0.775 bits per heavy atom. The maximum absolute atomic E-state index is 2.67. The minimum absolute atomic E-state index is 0.00533. The van der Waals surface area contributed by atoms with E-state index >= 15 is 0 Å². The first kappa shape index (κ1) is 45.3. The second kappa shape index (κ2) is 17.9. The molecule has 80 heavy (non-hydrogen) atoms. The molecule has 0 bridgehead atoms. The number of para-hydroxylation sites is 8. The van der Waals surface area contributed by atoms with E-state index in [9.17, 15) is 0 Å². The van der Waals surface area contributed by atoms with E-state index in [-0.39, 0.29) is 28.4 Å². The first-order valence-corrected chi connectivity index (χ1v) is 29.3. The van der Waals surface area contributed by atoms with Crippen LogP contribution < -0.4 is 61.3 Å². The van der Waals surface area contributed by atoms with Gasteiger partial charge in [0.1, 0.15) is 0 Å². The van der Waals surface area contributed by atoms with Gasteiger partial charge in [-0.3, -0.25) is 0 Å². The molecular weight excluding hydrogens is 1040 g/mol. The Hall–Kier alpha value is -9.71. The van der Waals surface area contributed by atoms with E-state index in [1.807, 2.05) is 0 Å². The summed E-state index contributed by atoms with van der Waals surface area (Å²) in [7, 11) is 0. The molecule has 5 nitrogen and oxygen atoms in total. The Morgan fingerprint density at radius 1 is 0.312 bits per heavy atom. The molecule has 4 aliphatic rings. The first-order valence-electron chi connectivity index (χ1n) is 27.6. The van der Waals surface area contributed by atoms with E-state index in [0.29, 0.717) is 0 Å². The standard InChI is InChI=1S/C72H47B2N5Se/c1-7-25-48(26-8-1)75(49-27-9-2-10-28-49)54-43-63-69-64(44-54)78(53-35-17-6-18-36-53)71-59(73(69)57-38-20-23-41-62(57)77(63)52-33-15-5-16-34-52)47-60-72-68(71)56-37-19-22-40-61(56)79(72)65-45-55(46-67-70(65)74(60)58-39-21-24-42-66(58)80-67)76(50-29-11-3-12-30-50)51-31-13-4-14-32-51/h1-47H. The summed E-state index contributed by atoms with van der Waals surface area (Å²) in [5.41, 5.74) is 25.5. The zero-order chi connectivity index (χ0) is 52.4. The van der Waals surface area contributed by atoms with Crippen molar-refractivity contribution in [1.29, 1.82) is 0 Å². The van der Waals surface area contributed by atoms with Crippen molar-refractivity contribution in [1.82, 2.24) is 4.57 Å². The fraction of sp³-hybridized carbons (Fsp3) is 0. The molecule has 8 heteroatoms. The van der Waals surface area contributed by atoms with Gasteiger partial charge in [0.2, 0.25) is 0 Å². The Balaban J connectivity index is 1.02. The Morgan fingerprint density at radius 3 is 1.39 bits per heavy atom. The van der Waals surface area contributed by atoms with Gasteiger partial charge in [-0.05, 0) is 24.3 Å². The van der Waals surface area contributed by atoms with Crippen LogP contribution in [0.2, 0.25) is 0 Å². The minimum Gasteiger partial charge on any atom is -0.0621 e. The first-order chi connectivity index (χ1) is 39.7. The Bertz CT molecular complexity index is 4520. The fourth-order valence-electron chi connectivity index (χ4n) is 13.8. The van der Waals surface area contributed by atoms with Crippen LogP contribution in [-0.4, -0.2) is 32.9 Å². The van der Waals surface area contributed by atoms with Crippen molar-refractivity contribution in [2.24, 2.45) is 0 Å². The van der Waals surface area contributed by atoms with Crippen LogP contribution in [0.5, 0.6) is 0 Å². The SMILES string of the molecule is c1ccc(N(c2ccccc2)c2cc3c4c(c2)N(c2ccccc2)c2c(cc5c6c2c2ccccc2n6-c2cc(N(c6ccccc6)c6ccccc6)cc6c2B5c2ccccc2[Se]6)B4c2ccccc2N3c2ccccc2)cc1. The molecule has 5 heterocycles. The number of hydrogen-bond acceptors (Lipinski definition) is 4. The molecule has 12 aromatic carbocycles. The number of benzene rings is 12. The van der Waals surface area contributed by atoms with Gasteiger partial charge in [0.15, 0.2) is 0 Å². The third kappa shape index (κ3) is 6.67. The second-order valence-electron chi connectivity index (χ2n) is 21.2. The van der Waals surface area contributed by atoms with Crippen LogP contribution in [0.3, 0.4) is 0 Å². The van der Waals surface area contributed by atoms with Crippen LogP contribution in [0.15, 0.2) is 285 Å². The number of anilines is 12. The van der Waals surface area contributed by atoms with E-state index in [2.05, 4.69) is 309 Å². The molecule has 13 aromatic rings. The smallest absolute Gasteiger partial charge is 0.0621 e. The van der Waals surface area contributed by atoms with Crippen LogP contribution in [-0.2, 0) is 0 Å². The third-order valence-electron chi connectivity index (χ3n) is 16.9. The molecule has 17 rings (SSSR count). The molecular formula is C72H47B2N5Se. The maximum atomic E-state index is 2.67. The van der Waals surface area contributed by atoms with E-state index in [4.69, 9.17) is 0 Å². The molecule has 0 N–H and O–H groups in total. The molecule has 0 amide bonds. The average Bonchev–Trinajstić information content (AvgIpc) is 3.76. The molecule has 0 radical (unpaired) electrons. The molecule has 372 valence electrons. The van der Waals surface area contributed by atoms with Gasteiger partial charge in [0.25, 0.3) is 0 Å². The van der Waals surface area contributed by atoms with Crippen molar-refractivity contribution in [3.05, 3.63) is 285 Å². The summed E-state index contributed by atoms with van der Waals surface area (Å²) >= 11 is 0.0479. The Kier molecular flexibility index (Phi) is 10.2. The van der Waals surface area contributed by atoms with Crippen LogP contribution in [0, 0.1) is 0 Å². The summed E-state index contributed by atoms with van der Waals surface area (Å²) in [5, 5.41) is 2.51. The van der Waals surface area contributed by atoms with E-state index in [0.717, 1.165) is 51.2 Å². The monoisotopic (exact) mass is 1080 g/mol. The molecule has 0 saturated heterocycles. The van der Waals surface area contributed by atoms with Gasteiger partial charge in [-0.25, -0.2) is 0 Å². The Labute approximate surface area is 472 Å². The summed E-state index contributed by atoms with van der Waals surface area (Å²) in [6.07, 6.45) is 0. The minimum atomic E-state index is -0.110. The van der Waals surface area contributed by atoms with Crippen molar-refractivity contribution in [2.45, 2.75) is 0 Å². The van der Waals surface area contributed by atoms with Crippen LogP contribution in [0.1, 0.15) is 0 Å². The van der Waals surface area contributed by atoms with Gasteiger partial charge in [0, 0.05) is 11.4 Å². The third-order valence-corrected chi connectivity index (χ3v) is 19.3. The summed E-state index contributed by atoms with van der Waals surface area (Å²) in [6, 6.07) is 106. The molecule has 0 atom stereocenters. The summed E-state index contributed by atoms with van der Waals surface area (Å²) in [5.74, 6) is 0. The van der Waals surface area contributed by atoms with Crippen LogP contribution in [0.25, 0.3) is 27.5 Å². The van der Waals surface area contributed by atoms with Crippen molar-refractivity contribution >= 4 is 160 Å². The zero-order valence-corrected chi connectivity index (χ0v) is 45.1. The number of nitrogens with zero attached hydrogens (tertiary/aromatic N) is 5. The normalized spacial score (nSPS) is 13.1. The van der Waals surface area contributed by atoms with Crippen LogP contribution >= 0.6 is 0 Å². The summed E-state index contributed by atoms with van der Waals surface area (Å²) < 4.78 is 5.53.